The van der Waals surface area contributed by atoms with Crippen molar-refractivity contribution in [1.82, 2.24) is 5.32 Å². The predicted octanol–water partition coefficient (Wildman–Crippen LogP) is 0.316. The van der Waals surface area contributed by atoms with Crippen LogP contribution in [0.3, 0.4) is 0 Å². The lowest BCUT2D eigenvalue weighted by molar-refractivity contribution is -0.141. The van der Waals surface area contributed by atoms with E-state index in [2.05, 4.69) is 5.32 Å². The molecule has 0 amide bonds. The number of hydrogen-bond donors (Lipinski definition) is 2. The van der Waals surface area contributed by atoms with E-state index < -0.39 is 30.8 Å². The van der Waals surface area contributed by atoms with Crippen molar-refractivity contribution in [2.75, 3.05) is 13.1 Å². The van der Waals surface area contributed by atoms with Crippen LogP contribution < -0.4 is 5.32 Å². The van der Waals surface area contributed by atoms with Crippen molar-refractivity contribution in [2.45, 2.75) is 12.3 Å². The van der Waals surface area contributed by atoms with E-state index in [9.17, 15) is 13.6 Å². The van der Waals surface area contributed by atoms with E-state index in [0.717, 1.165) is 0 Å². The third kappa shape index (κ3) is 1.86. The molecule has 64 valence electrons. The Morgan fingerprint density at radius 1 is 1.73 bits per heavy atom. The number of carbonyl (C=O) groups is 1. The Labute approximate surface area is 62.4 Å². The SMILES string of the molecule is O=C(O)CC1CNCC1(F)F. The van der Waals surface area contributed by atoms with Crippen molar-refractivity contribution in [1.29, 1.82) is 0 Å². The minimum atomic E-state index is -2.85. The van der Waals surface area contributed by atoms with Gasteiger partial charge in [0, 0.05) is 12.5 Å². The number of alkyl halides is 2. The normalized spacial score (nSPS) is 28.7. The van der Waals surface area contributed by atoms with E-state index in [1.54, 1.807) is 0 Å². The van der Waals surface area contributed by atoms with E-state index in [4.69, 9.17) is 5.11 Å². The standard InChI is InChI=1S/C6H9F2NO2/c7-6(8)3-9-2-4(6)1-5(10)11/h4,9H,1-3H2,(H,10,11). The highest BCUT2D eigenvalue weighted by Gasteiger charge is 2.44. The second kappa shape index (κ2) is 2.73. The molecule has 2 N–H and O–H groups in total. The van der Waals surface area contributed by atoms with Gasteiger partial charge < -0.3 is 10.4 Å². The Morgan fingerprint density at radius 2 is 2.36 bits per heavy atom. The molecule has 1 heterocycles. The molecule has 1 rings (SSSR count). The molecule has 1 unspecified atom stereocenters. The summed E-state index contributed by atoms with van der Waals surface area (Å²) in [6.45, 7) is -0.301. The predicted molar refractivity (Wildman–Crippen MR) is 33.6 cm³/mol. The van der Waals surface area contributed by atoms with Crippen LogP contribution in [0.2, 0.25) is 0 Å². The quantitative estimate of drug-likeness (QED) is 0.619. The molecule has 0 aromatic rings. The summed E-state index contributed by atoms with van der Waals surface area (Å²) >= 11 is 0. The molecule has 1 aliphatic heterocycles. The molecular weight excluding hydrogens is 156 g/mol. The maximum atomic E-state index is 12.6. The minimum absolute atomic E-state index is 0.0965. The molecule has 0 radical (unpaired) electrons. The van der Waals surface area contributed by atoms with Crippen molar-refractivity contribution in [2.24, 2.45) is 5.92 Å². The number of halogens is 2. The van der Waals surface area contributed by atoms with Gasteiger partial charge in [-0.2, -0.15) is 0 Å². The van der Waals surface area contributed by atoms with Crippen LogP contribution in [0.5, 0.6) is 0 Å². The van der Waals surface area contributed by atoms with E-state index in [1.165, 1.54) is 0 Å². The first kappa shape index (κ1) is 8.39. The summed E-state index contributed by atoms with van der Waals surface area (Å²) in [6.07, 6.45) is -0.458. The topological polar surface area (TPSA) is 49.3 Å². The molecule has 5 heteroatoms. The van der Waals surface area contributed by atoms with Crippen LogP contribution in [0, 0.1) is 5.92 Å². The van der Waals surface area contributed by atoms with Crippen molar-refractivity contribution < 1.29 is 18.7 Å². The summed E-state index contributed by atoms with van der Waals surface area (Å²) < 4.78 is 25.3. The fraction of sp³-hybridized carbons (Fsp3) is 0.833. The first-order valence-corrected chi connectivity index (χ1v) is 3.33. The average molecular weight is 165 g/mol. The van der Waals surface area contributed by atoms with Crippen LogP contribution in [0.15, 0.2) is 0 Å². The molecular formula is C6H9F2NO2. The molecule has 0 spiro atoms. The molecule has 0 aliphatic carbocycles. The van der Waals surface area contributed by atoms with Crippen molar-refractivity contribution in [3.05, 3.63) is 0 Å². The molecule has 0 aromatic heterocycles. The lowest BCUT2D eigenvalue weighted by Gasteiger charge is -2.14. The lowest BCUT2D eigenvalue weighted by atomic mass is 10.0. The third-order valence-corrected chi connectivity index (χ3v) is 1.77. The molecule has 1 atom stereocenters. The fourth-order valence-electron chi connectivity index (χ4n) is 1.14. The van der Waals surface area contributed by atoms with Gasteiger partial charge >= 0.3 is 5.97 Å². The van der Waals surface area contributed by atoms with Crippen molar-refractivity contribution >= 4 is 5.97 Å². The Bertz CT molecular complexity index is 172. The van der Waals surface area contributed by atoms with Crippen LogP contribution in [0.25, 0.3) is 0 Å². The summed E-state index contributed by atoms with van der Waals surface area (Å²) in [5, 5.41) is 10.7. The monoisotopic (exact) mass is 165 g/mol. The zero-order valence-electron chi connectivity index (χ0n) is 5.81. The number of hydrogen-bond acceptors (Lipinski definition) is 2. The molecule has 1 aliphatic rings. The summed E-state index contributed by atoms with van der Waals surface area (Å²) in [7, 11) is 0. The Balaban J connectivity index is 2.51. The van der Waals surface area contributed by atoms with Crippen LogP contribution in [0.4, 0.5) is 8.78 Å². The number of rotatable bonds is 2. The Kier molecular flexibility index (Phi) is 2.08. The fourth-order valence-corrected chi connectivity index (χ4v) is 1.14. The zero-order chi connectivity index (χ0) is 8.48. The second-order valence-corrected chi connectivity index (χ2v) is 2.69. The molecule has 11 heavy (non-hydrogen) atoms. The van der Waals surface area contributed by atoms with E-state index in [1.807, 2.05) is 0 Å². The smallest absolute Gasteiger partial charge is 0.303 e. The number of aliphatic carboxylic acids is 1. The highest BCUT2D eigenvalue weighted by Crippen LogP contribution is 2.30. The molecule has 1 saturated heterocycles. The van der Waals surface area contributed by atoms with Crippen LogP contribution in [-0.2, 0) is 4.79 Å². The van der Waals surface area contributed by atoms with Crippen LogP contribution in [-0.4, -0.2) is 30.1 Å². The summed E-state index contributed by atoms with van der Waals surface area (Å²) in [5.41, 5.74) is 0. The molecule has 0 aromatic carbocycles. The van der Waals surface area contributed by atoms with Crippen molar-refractivity contribution in [3.8, 4) is 0 Å². The van der Waals surface area contributed by atoms with Gasteiger partial charge in [0.1, 0.15) is 0 Å². The largest absolute Gasteiger partial charge is 0.481 e. The number of carboxylic acid groups (broad SMARTS) is 1. The second-order valence-electron chi connectivity index (χ2n) is 2.69. The number of carboxylic acids is 1. The van der Waals surface area contributed by atoms with Gasteiger partial charge in [0.05, 0.1) is 13.0 Å². The zero-order valence-corrected chi connectivity index (χ0v) is 5.81. The molecule has 1 fully saturated rings. The van der Waals surface area contributed by atoms with Gasteiger partial charge in [-0.1, -0.05) is 0 Å². The molecule has 0 saturated carbocycles. The lowest BCUT2D eigenvalue weighted by Crippen LogP contribution is -2.28. The first-order chi connectivity index (χ1) is 5.02. The summed E-state index contributed by atoms with van der Waals surface area (Å²) in [4.78, 5) is 10.1. The van der Waals surface area contributed by atoms with E-state index in [-0.39, 0.29) is 6.54 Å². The van der Waals surface area contributed by atoms with Gasteiger partial charge in [0.15, 0.2) is 0 Å². The molecule has 0 bridgehead atoms. The van der Waals surface area contributed by atoms with Gasteiger partial charge in [0.25, 0.3) is 5.92 Å². The first-order valence-electron chi connectivity index (χ1n) is 3.33. The Hall–Kier alpha value is -0.710. The maximum Gasteiger partial charge on any atom is 0.303 e. The highest BCUT2D eigenvalue weighted by atomic mass is 19.3. The van der Waals surface area contributed by atoms with Crippen molar-refractivity contribution in [3.63, 3.8) is 0 Å². The van der Waals surface area contributed by atoms with Crippen LogP contribution in [0.1, 0.15) is 6.42 Å². The Morgan fingerprint density at radius 3 is 2.73 bits per heavy atom. The van der Waals surface area contributed by atoms with E-state index >= 15 is 0 Å². The van der Waals surface area contributed by atoms with Gasteiger partial charge in [-0.25, -0.2) is 8.78 Å². The summed E-state index contributed by atoms with van der Waals surface area (Å²) in [5.74, 6) is -5.06. The van der Waals surface area contributed by atoms with Gasteiger partial charge in [-0.05, 0) is 0 Å². The summed E-state index contributed by atoms with van der Waals surface area (Å²) in [6, 6.07) is 0. The van der Waals surface area contributed by atoms with Gasteiger partial charge in [-0.15, -0.1) is 0 Å². The number of nitrogens with one attached hydrogen (secondary N) is 1. The van der Waals surface area contributed by atoms with Crippen LogP contribution >= 0.6 is 0 Å². The average Bonchev–Trinajstić information content (AvgIpc) is 2.10. The third-order valence-electron chi connectivity index (χ3n) is 1.77. The van der Waals surface area contributed by atoms with Gasteiger partial charge in [-0.3, -0.25) is 4.79 Å². The highest BCUT2D eigenvalue weighted by molar-refractivity contribution is 5.67. The minimum Gasteiger partial charge on any atom is -0.481 e. The maximum absolute atomic E-state index is 12.6. The van der Waals surface area contributed by atoms with E-state index in [0.29, 0.717) is 0 Å². The molecule has 3 nitrogen and oxygen atoms in total. The van der Waals surface area contributed by atoms with Gasteiger partial charge in [0.2, 0.25) is 0 Å².